The van der Waals surface area contributed by atoms with Crippen LogP contribution in [0.4, 0.5) is 0 Å². The molecule has 1 saturated carbocycles. The third-order valence-corrected chi connectivity index (χ3v) is 3.65. The van der Waals surface area contributed by atoms with Crippen molar-refractivity contribution >= 4 is 5.91 Å². The Bertz CT molecular complexity index is 261. The van der Waals surface area contributed by atoms with Crippen molar-refractivity contribution in [1.29, 1.82) is 0 Å². The zero-order valence-corrected chi connectivity index (χ0v) is 9.53. The third kappa shape index (κ3) is 2.01. The van der Waals surface area contributed by atoms with Crippen LogP contribution in [0.15, 0.2) is 0 Å². The lowest BCUT2D eigenvalue weighted by Crippen LogP contribution is -2.54. The molecule has 0 aromatic carbocycles. The molecule has 2 fully saturated rings. The average Bonchev–Trinajstić information content (AvgIpc) is 2.96. The Morgan fingerprint density at radius 2 is 2.13 bits per heavy atom. The van der Waals surface area contributed by atoms with Crippen LogP contribution in [0, 0.1) is 5.92 Å². The number of hydrogen-bond donors (Lipinski definition) is 1. The van der Waals surface area contributed by atoms with E-state index in [0.29, 0.717) is 12.5 Å². The molecule has 2 unspecified atom stereocenters. The van der Waals surface area contributed by atoms with E-state index in [1.165, 1.54) is 0 Å². The molecule has 15 heavy (non-hydrogen) atoms. The van der Waals surface area contributed by atoms with Gasteiger partial charge in [0.25, 0.3) is 0 Å². The van der Waals surface area contributed by atoms with E-state index < -0.39 is 5.54 Å². The summed E-state index contributed by atoms with van der Waals surface area (Å²) in [6, 6.07) is 0. The van der Waals surface area contributed by atoms with Crippen LogP contribution in [0.2, 0.25) is 0 Å². The van der Waals surface area contributed by atoms with Crippen LogP contribution in [0.5, 0.6) is 0 Å². The number of rotatable bonds is 3. The predicted molar refractivity (Wildman–Crippen MR) is 57.3 cm³/mol. The first-order valence-corrected chi connectivity index (χ1v) is 5.66. The molecule has 1 amide bonds. The summed E-state index contributed by atoms with van der Waals surface area (Å²) in [4.78, 5) is 14.0. The summed E-state index contributed by atoms with van der Waals surface area (Å²) in [5, 5.41) is 0. The fraction of sp³-hybridized carbons (Fsp3) is 0.909. The van der Waals surface area contributed by atoms with E-state index in [2.05, 4.69) is 0 Å². The normalized spacial score (nSPS) is 30.3. The number of nitrogens with zero attached hydrogens (tertiary/aromatic N) is 1. The number of ether oxygens (including phenoxy) is 1. The van der Waals surface area contributed by atoms with E-state index in [9.17, 15) is 4.79 Å². The minimum Gasteiger partial charge on any atom is -0.380 e. The van der Waals surface area contributed by atoms with E-state index in [0.717, 1.165) is 25.8 Å². The molecule has 0 aromatic rings. The zero-order valence-electron chi connectivity index (χ0n) is 9.53. The fourth-order valence-corrected chi connectivity index (χ4v) is 2.30. The standard InChI is InChI=1S/C11H20N2O2/c1-11(12,8-3-4-8)10(14)13-6-5-9(7-13)15-2/h8-9H,3-7,12H2,1-2H3. The summed E-state index contributed by atoms with van der Waals surface area (Å²) < 4.78 is 5.25. The van der Waals surface area contributed by atoms with Crippen LogP contribution < -0.4 is 5.73 Å². The van der Waals surface area contributed by atoms with Crippen LogP contribution in [-0.4, -0.2) is 42.6 Å². The minimum atomic E-state index is -0.650. The van der Waals surface area contributed by atoms with Crippen LogP contribution in [0.1, 0.15) is 26.2 Å². The summed E-state index contributed by atoms with van der Waals surface area (Å²) in [6.07, 6.45) is 3.33. The highest BCUT2D eigenvalue weighted by molar-refractivity contribution is 5.86. The van der Waals surface area contributed by atoms with Gasteiger partial charge >= 0.3 is 0 Å². The van der Waals surface area contributed by atoms with Crippen LogP contribution >= 0.6 is 0 Å². The first-order chi connectivity index (χ1) is 7.05. The van der Waals surface area contributed by atoms with Crippen molar-refractivity contribution in [2.75, 3.05) is 20.2 Å². The number of methoxy groups -OCH3 is 1. The SMILES string of the molecule is COC1CCN(C(=O)C(C)(N)C2CC2)C1. The first kappa shape index (κ1) is 10.9. The van der Waals surface area contributed by atoms with E-state index >= 15 is 0 Å². The largest absolute Gasteiger partial charge is 0.380 e. The number of hydrogen-bond acceptors (Lipinski definition) is 3. The van der Waals surface area contributed by atoms with Crippen molar-refractivity contribution in [1.82, 2.24) is 4.90 Å². The first-order valence-electron chi connectivity index (χ1n) is 5.66. The monoisotopic (exact) mass is 212 g/mol. The van der Waals surface area contributed by atoms with Gasteiger partial charge in [-0.2, -0.15) is 0 Å². The van der Waals surface area contributed by atoms with Gasteiger partial charge in [-0.25, -0.2) is 0 Å². The van der Waals surface area contributed by atoms with Gasteiger partial charge in [0.1, 0.15) is 0 Å². The molecule has 1 aliphatic heterocycles. The van der Waals surface area contributed by atoms with Crippen molar-refractivity contribution in [3.05, 3.63) is 0 Å². The van der Waals surface area contributed by atoms with Gasteiger partial charge in [0, 0.05) is 20.2 Å². The molecule has 0 radical (unpaired) electrons. The molecular weight excluding hydrogens is 192 g/mol. The number of likely N-dealkylation sites (tertiary alicyclic amines) is 1. The molecule has 1 saturated heterocycles. The molecule has 2 aliphatic rings. The lowest BCUT2D eigenvalue weighted by Gasteiger charge is -2.29. The third-order valence-electron chi connectivity index (χ3n) is 3.65. The Labute approximate surface area is 90.8 Å². The maximum atomic E-state index is 12.2. The molecule has 2 atom stereocenters. The van der Waals surface area contributed by atoms with E-state index in [1.54, 1.807) is 7.11 Å². The molecule has 1 heterocycles. The Kier molecular flexibility index (Phi) is 2.73. The number of amides is 1. The molecule has 0 aromatic heterocycles. The minimum absolute atomic E-state index is 0.101. The molecule has 86 valence electrons. The highest BCUT2D eigenvalue weighted by Crippen LogP contribution is 2.39. The quantitative estimate of drug-likeness (QED) is 0.735. The molecule has 0 bridgehead atoms. The molecule has 4 nitrogen and oxygen atoms in total. The fourth-order valence-electron chi connectivity index (χ4n) is 2.30. The van der Waals surface area contributed by atoms with Crippen molar-refractivity contribution < 1.29 is 9.53 Å². The Balaban J connectivity index is 1.96. The van der Waals surface area contributed by atoms with Crippen molar-refractivity contribution in [3.8, 4) is 0 Å². The molecule has 2 N–H and O–H groups in total. The second-order valence-electron chi connectivity index (χ2n) is 4.95. The maximum absolute atomic E-state index is 12.2. The molecule has 0 spiro atoms. The smallest absolute Gasteiger partial charge is 0.242 e. The van der Waals surface area contributed by atoms with Crippen molar-refractivity contribution in [2.24, 2.45) is 11.7 Å². The van der Waals surface area contributed by atoms with Gasteiger partial charge in [-0.05, 0) is 32.1 Å². The van der Waals surface area contributed by atoms with E-state index in [4.69, 9.17) is 10.5 Å². The predicted octanol–water partition coefficient (Wildman–Crippen LogP) is 0.361. The van der Waals surface area contributed by atoms with Gasteiger partial charge in [-0.15, -0.1) is 0 Å². The highest BCUT2D eigenvalue weighted by atomic mass is 16.5. The Morgan fingerprint density at radius 3 is 2.60 bits per heavy atom. The second-order valence-corrected chi connectivity index (χ2v) is 4.95. The number of carbonyl (C=O) groups is 1. The molecule has 1 aliphatic carbocycles. The maximum Gasteiger partial charge on any atom is 0.242 e. The van der Waals surface area contributed by atoms with Crippen LogP contribution in [0.25, 0.3) is 0 Å². The van der Waals surface area contributed by atoms with Gasteiger partial charge in [-0.3, -0.25) is 4.79 Å². The van der Waals surface area contributed by atoms with Gasteiger partial charge in [0.15, 0.2) is 0 Å². The summed E-state index contributed by atoms with van der Waals surface area (Å²) in [7, 11) is 1.70. The highest BCUT2D eigenvalue weighted by Gasteiger charge is 2.46. The zero-order chi connectivity index (χ0) is 11.1. The number of nitrogens with two attached hydrogens (primary N) is 1. The summed E-state index contributed by atoms with van der Waals surface area (Å²) >= 11 is 0. The van der Waals surface area contributed by atoms with Gasteiger partial charge < -0.3 is 15.4 Å². The number of carbonyl (C=O) groups excluding carboxylic acids is 1. The lowest BCUT2D eigenvalue weighted by molar-refractivity contribution is -0.136. The van der Waals surface area contributed by atoms with E-state index in [1.807, 2.05) is 11.8 Å². The van der Waals surface area contributed by atoms with Crippen molar-refractivity contribution in [3.63, 3.8) is 0 Å². The summed E-state index contributed by atoms with van der Waals surface area (Å²) in [6.45, 7) is 3.36. The van der Waals surface area contributed by atoms with Gasteiger partial charge in [0.05, 0.1) is 11.6 Å². The van der Waals surface area contributed by atoms with Crippen LogP contribution in [-0.2, 0) is 9.53 Å². The lowest BCUT2D eigenvalue weighted by atomic mass is 9.95. The van der Waals surface area contributed by atoms with E-state index in [-0.39, 0.29) is 12.0 Å². The Hall–Kier alpha value is -0.610. The van der Waals surface area contributed by atoms with Crippen LogP contribution in [0.3, 0.4) is 0 Å². The van der Waals surface area contributed by atoms with Gasteiger partial charge in [-0.1, -0.05) is 0 Å². The Morgan fingerprint density at radius 1 is 1.47 bits per heavy atom. The topological polar surface area (TPSA) is 55.6 Å². The van der Waals surface area contributed by atoms with Crippen molar-refractivity contribution in [2.45, 2.75) is 37.8 Å². The van der Waals surface area contributed by atoms with Gasteiger partial charge in [0.2, 0.25) is 5.91 Å². The molecule has 4 heteroatoms. The summed E-state index contributed by atoms with van der Waals surface area (Å²) in [5.41, 5.74) is 5.45. The summed E-state index contributed by atoms with van der Waals surface area (Å²) in [5.74, 6) is 0.496. The second kappa shape index (κ2) is 3.76. The molecule has 2 rings (SSSR count). The average molecular weight is 212 g/mol. The molecular formula is C11H20N2O2.